The molecule has 1 aromatic rings. The van der Waals surface area contributed by atoms with Crippen LogP contribution in [-0.2, 0) is 11.0 Å². The number of rotatable bonds is 5. The van der Waals surface area contributed by atoms with Gasteiger partial charge in [-0.05, 0) is 30.7 Å². The van der Waals surface area contributed by atoms with Crippen LogP contribution < -0.4 is 10.6 Å². The Labute approximate surface area is 116 Å². The van der Waals surface area contributed by atoms with Gasteiger partial charge in [0.05, 0.1) is 18.2 Å². The molecule has 6 heteroatoms. The van der Waals surface area contributed by atoms with E-state index in [0.717, 1.165) is 12.1 Å². The van der Waals surface area contributed by atoms with Crippen molar-refractivity contribution >= 4 is 5.91 Å². The molecule has 0 radical (unpaired) electrons. The number of hydrogen-bond acceptors (Lipinski definition) is 2. The summed E-state index contributed by atoms with van der Waals surface area (Å²) in [4.78, 5) is 11.6. The first-order valence-electron chi connectivity index (χ1n) is 6.36. The highest BCUT2D eigenvalue weighted by atomic mass is 19.4. The molecule has 0 saturated heterocycles. The highest BCUT2D eigenvalue weighted by Gasteiger charge is 2.31. The zero-order chi connectivity index (χ0) is 15.3. The van der Waals surface area contributed by atoms with Crippen LogP contribution in [0.3, 0.4) is 0 Å². The number of benzene rings is 1. The van der Waals surface area contributed by atoms with Crippen molar-refractivity contribution in [1.29, 1.82) is 0 Å². The predicted molar refractivity (Wildman–Crippen MR) is 71.1 cm³/mol. The van der Waals surface area contributed by atoms with Gasteiger partial charge in [-0.25, -0.2) is 0 Å². The second-order valence-corrected chi connectivity index (χ2v) is 4.94. The molecule has 0 aromatic heterocycles. The fourth-order valence-electron chi connectivity index (χ4n) is 1.93. The molecule has 0 aliphatic rings. The molecule has 0 bridgehead atoms. The van der Waals surface area contributed by atoms with E-state index in [1.165, 1.54) is 6.07 Å². The Bertz CT molecular complexity index is 458. The second kappa shape index (κ2) is 6.74. The van der Waals surface area contributed by atoms with Gasteiger partial charge in [-0.3, -0.25) is 4.79 Å². The molecule has 1 rings (SSSR count). The molecular formula is C14H19F3N2O. The second-order valence-electron chi connectivity index (χ2n) is 4.94. The summed E-state index contributed by atoms with van der Waals surface area (Å²) in [5.74, 6) is -0.261. The first-order valence-corrected chi connectivity index (χ1v) is 6.36. The molecule has 20 heavy (non-hydrogen) atoms. The predicted octanol–water partition coefficient (Wildman–Crippen LogP) is 2.74. The van der Waals surface area contributed by atoms with E-state index < -0.39 is 17.8 Å². The number of carbonyl (C=O) groups excluding carboxylic acids is 1. The average Bonchev–Trinajstić information content (AvgIpc) is 2.35. The minimum Gasteiger partial charge on any atom is -0.348 e. The van der Waals surface area contributed by atoms with Crippen LogP contribution in [0.1, 0.15) is 31.0 Å². The van der Waals surface area contributed by atoms with E-state index in [1.807, 2.05) is 13.8 Å². The van der Waals surface area contributed by atoms with Gasteiger partial charge in [0, 0.05) is 0 Å². The summed E-state index contributed by atoms with van der Waals surface area (Å²) >= 11 is 0. The van der Waals surface area contributed by atoms with Crippen molar-refractivity contribution in [2.45, 2.75) is 26.1 Å². The van der Waals surface area contributed by atoms with E-state index >= 15 is 0 Å². The fourth-order valence-corrected chi connectivity index (χ4v) is 1.93. The molecule has 1 atom stereocenters. The third-order valence-electron chi connectivity index (χ3n) is 2.89. The minimum atomic E-state index is -4.38. The SMILES string of the molecule is CNCC(=O)NC(c1cccc(C(F)(F)F)c1)C(C)C. The average molecular weight is 288 g/mol. The molecule has 3 nitrogen and oxygen atoms in total. The summed E-state index contributed by atoms with van der Waals surface area (Å²) < 4.78 is 38.2. The van der Waals surface area contributed by atoms with E-state index in [9.17, 15) is 18.0 Å². The normalized spacial score (nSPS) is 13.3. The van der Waals surface area contributed by atoms with E-state index in [-0.39, 0.29) is 18.4 Å². The number of nitrogens with one attached hydrogen (secondary N) is 2. The molecule has 1 aromatic carbocycles. The lowest BCUT2D eigenvalue weighted by Crippen LogP contribution is -2.37. The molecule has 0 aliphatic carbocycles. The molecule has 2 N–H and O–H groups in total. The van der Waals surface area contributed by atoms with Crippen molar-refractivity contribution in [1.82, 2.24) is 10.6 Å². The van der Waals surface area contributed by atoms with E-state index in [0.29, 0.717) is 5.56 Å². The number of amides is 1. The van der Waals surface area contributed by atoms with Crippen molar-refractivity contribution in [3.05, 3.63) is 35.4 Å². The van der Waals surface area contributed by atoms with Gasteiger partial charge in [-0.15, -0.1) is 0 Å². The van der Waals surface area contributed by atoms with Gasteiger partial charge in [-0.1, -0.05) is 26.0 Å². The van der Waals surface area contributed by atoms with Gasteiger partial charge in [0.2, 0.25) is 5.91 Å². The van der Waals surface area contributed by atoms with Gasteiger partial charge in [-0.2, -0.15) is 13.2 Å². The van der Waals surface area contributed by atoms with E-state index in [2.05, 4.69) is 10.6 Å². The Balaban J connectivity index is 3.01. The number of halogens is 3. The monoisotopic (exact) mass is 288 g/mol. The maximum atomic E-state index is 12.7. The molecular weight excluding hydrogens is 269 g/mol. The van der Waals surface area contributed by atoms with Gasteiger partial charge >= 0.3 is 6.18 Å². The zero-order valence-corrected chi connectivity index (χ0v) is 11.7. The van der Waals surface area contributed by atoms with Crippen molar-refractivity contribution < 1.29 is 18.0 Å². The summed E-state index contributed by atoms with van der Waals surface area (Å²) in [5, 5.41) is 5.45. The van der Waals surface area contributed by atoms with E-state index in [1.54, 1.807) is 13.1 Å². The summed E-state index contributed by atoms with van der Waals surface area (Å²) in [6, 6.07) is 4.62. The molecule has 0 aliphatic heterocycles. The Morgan fingerprint density at radius 2 is 1.95 bits per heavy atom. The Morgan fingerprint density at radius 3 is 2.45 bits per heavy atom. The van der Waals surface area contributed by atoms with Crippen LogP contribution in [0.4, 0.5) is 13.2 Å². The smallest absolute Gasteiger partial charge is 0.348 e. The highest BCUT2D eigenvalue weighted by Crippen LogP contribution is 2.32. The van der Waals surface area contributed by atoms with Crippen LogP contribution >= 0.6 is 0 Å². The molecule has 1 amide bonds. The van der Waals surface area contributed by atoms with Gasteiger partial charge in [0.25, 0.3) is 0 Å². The summed E-state index contributed by atoms with van der Waals surface area (Å²) in [6.07, 6.45) is -4.38. The largest absolute Gasteiger partial charge is 0.416 e. The van der Waals surface area contributed by atoms with Gasteiger partial charge in [0.15, 0.2) is 0 Å². The quantitative estimate of drug-likeness (QED) is 0.874. The third-order valence-corrected chi connectivity index (χ3v) is 2.89. The lowest BCUT2D eigenvalue weighted by atomic mass is 9.94. The fraction of sp³-hybridized carbons (Fsp3) is 0.500. The third kappa shape index (κ3) is 4.52. The Morgan fingerprint density at radius 1 is 1.30 bits per heavy atom. The van der Waals surface area contributed by atoms with Crippen LogP contribution in [0.2, 0.25) is 0 Å². The van der Waals surface area contributed by atoms with Crippen LogP contribution in [-0.4, -0.2) is 19.5 Å². The van der Waals surface area contributed by atoms with Crippen molar-refractivity contribution in [2.24, 2.45) is 5.92 Å². The molecule has 0 heterocycles. The molecule has 0 saturated carbocycles. The standard InChI is InChI=1S/C14H19F3N2O/c1-9(2)13(19-12(20)8-18-3)10-5-4-6-11(7-10)14(15,16)17/h4-7,9,13,18H,8H2,1-3H3,(H,19,20). The van der Waals surface area contributed by atoms with Crippen LogP contribution in [0, 0.1) is 5.92 Å². The van der Waals surface area contributed by atoms with Crippen LogP contribution in [0.5, 0.6) is 0 Å². The minimum absolute atomic E-state index is 0.0145. The first-order chi connectivity index (χ1) is 9.25. The molecule has 0 fully saturated rings. The van der Waals surface area contributed by atoms with E-state index in [4.69, 9.17) is 0 Å². The first kappa shape index (κ1) is 16.5. The molecule has 112 valence electrons. The maximum Gasteiger partial charge on any atom is 0.416 e. The summed E-state index contributed by atoms with van der Waals surface area (Å²) in [7, 11) is 1.63. The van der Waals surface area contributed by atoms with Gasteiger partial charge in [0.1, 0.15) is 0 Å². The van der Waals surface area contributed by atoms with Gasteiger partial charge < -0.3 is 10.6 Å². The molecule has 0 spiro atoms. The Hall–Kier alpha value is -1.56. The van der Waals surface area contributed by atoms with Crippen molar-refractivity contribution in [3.63, 3.8) is 0 Å². The van der Waals surface area contributed by atoms with Crippen molar-refractivity contribution in [3.8, 4) is 0 Å². The summed E-state index contributed by atoms with van der Waals surface area (Å²) in [6.45, 7) is 3.83. The number of carbonyl (C=O) groups is 1. The maximum absolute atomic E-state index is 12.7. The number of alkyl halides is 3. The molecule has 1 unspecified atom stereocenters. The highest BCUT2D eigenvalue weighted by molar-refractivity contribution is 5.78. The number of likely N-dealkylation sites (N-methyl/N-ethyl adjacent to an activating group) is 1. The lowest BCUT2D eigenvalue weighted by Gasteiger charge is -2.23. The van der Waals surface area contributed by atoms with Crippen LogP contribution in [0.15, 0.2) is 24.3 Å². The lowest BCUT2D eigenvalue weighted by molar-refractivity contribution is -0.137. The van der Waals surface area contributed by atoms with Crippen LogP contribution in [0.25, 0.3) is 0 Å². The Kier molecular flexibility index (Phi) is 5.56. The topological polar surface area (TPSA) is 41.1 Å². The summed E-state index contributed by atoms with van der Waals surface area (Å²) in [5.41, 5.74) is -0.247. The zero-order valence-electron chi connectivity index (χ0n) is 11.7. The van der Waals surface area contributed by atoms with Crippen molar-refractivity contribution in [2.75, 3.05) is 13.6 Å². The number of hydrogen-bond donors (Lipinski definition) is 2.